The number of hydrogen-bond donors (Lipinski definition) is 1. The van der Waals surface area contributed by atoms with Gasteiger partial charge in [0.2, 0.25) is 0 Å². The first kappa shape index (κ1) is 13.6. The van der Waals surface area contributed by atoms with E-state index in [4.69, 9.17) is 5.73 Å². The minimum Gasteiger partial charge on any atom is -0.313 e. The Morgan fingerprint density at radius 3 is 2.33 bits per heavy atom. The Kier molecular flexibility index (Phi) is 4.41. The molecular weight excluding hydrogens is 220 g/mol. The van der Waals surface area contributed by atoms with Crippen molar-refractivity contribution >= 4 is 0 Å². The van der Waals surface area contributed by atoms with Crippen molar-refractivity contribution in [1.82, 2.24) is 4.90 Å². The molecule has 2 nitrogen and oxygen atoms in total. The highest BCUT2D eigenvalue weighted by atomic mass is 15.3. The van der Waals surface area contributed by atoms with Gasteiger partial charge in [-0.25, -0.2) is 0 Å². The van der Waals surface area contributed by atoms with Gasteiger partial charge in [-0.3, -0.25) is 4.90 Å². The second kappa shape index (κ2) is 5.85. The van der Waals surface area contributed by atoms with Crippen LogP contribution in [0.4, 0.5) is 0 Å². The lowest BCUT2D eigenvalue weighted by Gasteiger charge is -2.38. The van der Waals surface area contributed by atoms with E-state index in [1.807, 2.05) is 0 Å². The first-order valence-corrected chi connectivity index (χ1v) is 7.18. The third-order valence-electron chi connectivity index (χ3n) is 4.14. The molecule has 1 saturated heterocycles. The maximum absolute atomic E-state index is 6.59. The van der Waals surface area contributed by atoms with Gasteiger partial charge in [-0.2, -0.15) is 0 Å². The fourth-order valence-electron chi connectivity index (χ4n) is 2.89. The monoisotopic (exact) mass is 246 g/mol. The van der Waals surface area contributed by atoms with Gasteiger partial charge in [0, 0.05) is 6.42 Å². The maximum Gasteiger partial charge on any atom is 0.0699 e. The fourth-order valence-corrected chi connectivity index (χ4v) is 2.89. The Hall–Kier alpha value is -0.860. The highest BCUT2D eigenvalue weighted by molar-refractivity contribution is 5.27. The normalized spacial score (nSPS) is 21.3. The number of nitrogens with two attached hydrogens (primary N) is 1. The number of nitrogens with zero attached hydrogens (tertiary/aromatic N) is 1. The van der Waals surface area contributed by atoms with E-state index >= 15 is 0 Å². The highest BCUT2D eigenvalue weighted by Crippen LogP contribution is 2.21. The van der Waals surface area contributed by atoms with Crippen LogP contribution in [-0.2, 0) is 6.42 Å². The molecule has 0 aliphatic carbocycles. The van der Waals surface area contributed by atoms with Gasteiger partial charge in [-0.05, 0) is 50.9 Å². The van der Waals surface area contributed by atoms with Gasteiger partial charge in [0.25, 0.3) is 0 Å². The Morgan fingerprint density at radius 2 is 1.72 bits per heavy atom. The summed E-state index contributed by atoms with van der Waals surface area (Å²) in [5.74, 6) is 0. The minimum absolute atomic E-state index is 0.212. The van der Waals surface area contributed by atoms with E-state index in [9.17, 15) is 0 Å². The number of aryl methyl sites for hydroxylation is 1. The Labute approximate surface area is 111 Å². The molecule has 1 heterocycles. The van der Waals surface area contributed by atoms with Gasteiger partial charge in [0.1, 0.15) is 0 Å². The summed E-state index contributed by atoms with van der Waals surface area (Å²) in [7, 11) is 0. The van der Waals surface area contributed by atoms with Crippen molar-refractivity contribution in [2.75, 3.05) is 13.1 Å². The van der Waals surface area contributed by atoms with E-state index in [1.54, 1.807) is 0 Å². The van der Waals surface area contributed by atoms with Crippen LogP contribution in [0.2, 0.25) is 0 Å². The van der Waals surface area contributed by atoms with Crippen LogP contribution in [0.5, 0.6) is 0 Å². The van der Waals surface area contributed by atoms with E-state index in [0.29, 0.717) is 0 Å². The summed E-state index contributed by atoms with van der Waals surface area (Å²) in [6.45, 7) is 6.66. The van der Waals surface area contributed by atoms with Crippen LogP contribution in [0, 0.1) is 6.92 Å². The molecule has 2 heteroatoms. The Bertz CT molecular complexity index is 376. The van der Waals surface area contributed by atoms with Gasteiger partial charge in [0.15, 0.2) is 0 Å². The van der Waals surface area contributed by atoms with E-state index in [1.165, 1.54) is 36.8 Å². The second-order valence-electron chi connectivity index (χ2n) is 5.86. The van der Waals surface area contributed by atoms with Gasteiger partial charge in [-0.15, -0.1) is 0 Å². The smallest absolute Gasteiger partial charge is 0.0699 e. The predicted octanol–water partition coefficient (Wildman–Crippen LogP) is 3.09. The lowest BCUT2D eigenvalue weighted by atomic mass is 9.96. The van der Waals surface area contributed by atoms with Crippen molar-refractivity contribution in [2.45, 2.75) is 51.6 Å². The fraction of sp³-hybridized carbons (Fsp3) is 0.625. The standard InChI is InChI=1S/C16H26N2/c1-14-9-5-6-10-15(14)13-16(2,17)18-11-7-3-4-8-12-18/h5-6,9-10H,3-4,7-8,11-13,17H2,1-2H3. The predicted molar refractivity (Wildman–Crippen MR) is 77.5 cm³/mol. The van der Waals surface area contributed by atoms with Gasteiger partial charge in [0.05, 0.1) is 5.66 Å². The first-order chi connectivity index (χ1) is 8.59. The molecule has 0 radical (unpaired) electrons. The summed E-state index contributed by atoms with van der Waals surface area (Å²) in [6, 6.07) is 8.59. The number of likely N-dealkylation sites (tertiary alicyclic amines) is 1. The zero-order valence-corrected chi connectivity index (χ0v) is 11.8. The van der Waals surface area contributed by atoms with Crippen molar-refractivity contribution in [3.63, 3.8) is 0 Å². The van der Waals surface area contributed by atoms with E-state index in [0.717, 1.165) is 19.5 Å². The molecule has 1 aromatic carbocycles. The van der Waals surface area contributed by atoms with E-state index in [-0.39, 0.29) is 5.66 Å². The Balaban J connectivity index is 2.08. The average Bonchev–Trinajstić information content (AvgIpc) is 2.61. The summed E-state index contributed by atoms with van der Waals surface area (Å²) in [5, 5.41) is 0. The molecule has 1 aliphatic heterocycles. The number of benzene rings is 1. The van der Waals surface area contributed by atoms with Crippen LogP contribution in [-0.4, -0.2) is 23.7 Å². The van der Waals surface area contributed by atoms with Crippen molar-refractivity contribution in [3.8, 4) is 0 Å². The molecule has 100 valence electrons. The molecule has 0 spiro atoms. The second-order valence-corrected chi connectivity index (χ2v) is 5.86. The largest absolute Gasteiger partial charge is 0.313 e. The summed E-state index contributed by atoms with van der Waals surface area (Å²) in [6.07, 6.45) is 6.24. The van der Waals surface area contributed by atoms with Crippen molar-refractivity contribution in [3.05, 3.63) is 35.4 Å². The van der Waals surface area contributed by atoms with E-state index in [2.05, 4.69) is 43.0 Å². The molecular formula is C16H26N2. The van der Waals surface area contributed by atoms with Gasteiger partial charge < -0.3 is 5.73 Å². The molecule has 1 aromatic rings. The molecule has 1 atom stereocenters. The molecule has 1 fully saturated rings. The van der Waals surface area contributed by atoms with Crippen LogP contribution in [0.3, 0.4) is 0 Å². The summed E-state index contributed by atoms with van der Waals surface area (Å²) in [5.41, 5.74) is 9.11. The molecule has 2 N–H and O–H groups in total. The molecule has 0 aromatic heterocycles. The molecule has 1 aliphatic rings. The SMILES string of the molecule is Cc1ccccc1CC(C)(N)N1CCCCCC1. The maximum atomic E-state index is 6.59. The summed E-state index contributed by atoms with van der Waals surface area (Å²) in [4.78, 5) is 2.48. The molecule has 18 heavy (non-hydrogen) atoms. The summed E-state index contributed by atoms with van der Waals surface area (Å²) >= 11 is 0. The van der Waals surface area contributed by atoms with Gasteiger partial charge in [-0.1, -0.05) is 37.1 Å². The van der Waals surface area contributed by atoms with Crippen molar-refractivity contribution < 1.29 is 0 Å². The van der Waals surface area contributed by atoms with Gasteiger partial charge >= 0.3 is 0 Å². The van der Waals surface area contributed by atoms with Crippen LogP contribution >= 0.6 is 0 Å². The first-order valence-electron chi connectivity index (χ1n) is 7.18. The van der Waals surface area contributed by atoms with Crippen LogP contribution < -0.4 is 5.73 Å². The Morgan fingerprint density at radius 1 is 1.11 bits per heavy atom. The minimum atomic E-state index is -0.212. The topological polar surface area (TPSA) is 29.3 Å². The third kappa shape index (κ3) is 3.33. The van der Waals surface area contributed by atoms with Crippen LogP contribution in [0.1, 0.15) is 43.7 Å². The molecule has 1 unspecified atom stereocenters. The molecule has 0 saturated carbocycles. The third-order valence-corrected chi connectivity index (χ3v) is 4.14. The summed E-state index contributed by atoms with van der Waals surface area (Å²) < 4.78 is 0. The number of hydrogen-bond acceptors (Lipinski definition) is 2. The average molecular weight is 246 g/mol. The van der Waals surface area contributed by atoms with Crippen LogP contribution in [0.25, 0.3) is 0 Å². The lowest BCUT2D eigenvalue weighted by Crippen LogP contribution is -2.55. The lowest BCUT2D eigenvalue weighted by molar-refractivity contribution is 0.113. The van der Waals surface area contributed by atoms with Crippen LogP contribution in [0.15, 0.2) is 24.3 Å². The highest BCUT2D eigenvalue weighted by Gasteiger charge is 2.28. The quantitative estimate of drug-likeness (QED) is 0.888. The zero-order valence-electron chi connectivity index (χ0n) is 11.8. The molecule has 2 rings (SSSR count). The van der Waals surface area contributed by atoms with Crippen molar-refractivity contribution in [1.29, 1.82) is 0 Å². The zero-order chi connectivity index (χ0) is 13.0. The van der Waals surface area contributed by atoms with Crippen molar-refractivity contribution in [2.24, 2.45) is 5.73 Å². The molecule has 0 amide bonds. The molecule has 0 bridgehead atoms. The van der Waals surface area contributed by atoms with E-state index < -0.39 is 0 Å². The number of rotatable bonds is 3.